The molecule has 0 spiro atoms. The first-order chi connectivity index (χ1) is 19.2. The van der Waals surface area contributed by atoms with Crippen molar-refractivity contribution in [2.45, 2.75) is 107 Å². The number of aliphatic hydroxyl groups excluding tert-OH is 5. The van der Waals surface area contributed by atoms with E-state index in [0.717, 1.165) is 12.8 Å². The Balaban J connectivity index is 2.11. The van der Waals surface area contributed by atoms with Crippen LogP contribution in [-0.2, 0) is 23.8 Å². The fourth-order valence-corrected chi connectivity index (χ4v) is 4.21. The first kappa shape index (κ1) is 33.8. The zero-order chi connectivity index (χ0) is 29.3. The van der Waals surface area contributed by atoms with Crippen molar-refractivity contribution in [3.8, 4) is 0 Å². The predicted octanol–water partition coefficient (Wildman–Crippen LogP) is 1.95. The molecule has 0 amide bonds. The van der Waals surface area contributed by atoms with Gasteiger partial charge in [0.2, 0.25) is 0 Å². The summed E-state index contributed by atoms with van der Waals surface area (Å²) < 4.78 is 16.7. The number of ketones is 1. The maximum atomic E-state index is 12.1. The summed E-state index contributed by atoms with van der Waals surface area (Å²) in [7, 11) is 0. The molecule has 10 nitrogen and oxygen atoms in total. The van der Waals surface area contributed by atoms with Crippen LogP contribution < -0.4 is 0 Å². The Bertz CT molecular complexity index is 906. The molecule has 224 valence electrons. The minimum atomic E-state index is -1.57. The average Bonchev–Trinajstić information content (AvgIpc) is 2.91. The first-order valence-corrected chi connectivity index (χ1v) is 13.9. The molecule has 0 aromatic heterocycles. The summed E-state index contributed by atoms with van der Waals surface area (Å²) in [6.07, 6.45) is 12.3. The molecule has 40 heavy (non-hydrogen) atoms. The molecule has 2 rings (SSSR count). The minimum absolute atomic E-state index is 0.0103. The van der Waals surface area contributed by atoms with E-state index in [1.807, 2.05) is 19.1 Å². The molecular weight excluding hydrogens is 520 g/mol. The van der Waals surface area contributed by atoms with E-state index in [2.05, 4.69) is 0 Å². The first-order valence-electron chi connectivity index (χ1n) is 13.9. The van der Waals surface area contributed by atoms with Crippen molar-refractivity contribution in [3.05, 3.63) is 60.8 Å². The highest BCUT2D eigenvalue weighted by Crippen LogP contribution is 2.24. The molecule has 0 unspecified atom stereocenters. The molecule has 0 bridgehead atoms. The second-order valence-corrected chi connectivity index (χ2v) is 10.0. The number of carbonyl (C=O) groups is 2. The van der Waals surface area contributed by atoms with Crippen molar-refractivity contribution in [2.75, 3.05) is 6.61 Å². The minimum Gasteiger partial charge on any atom is -0.460 e. The Hall–Kier alpha value is -2.44. The Morgan fingerprint density at radius 2 is 1.62 bits per heavy atom. The van der Waals surface area contributed by atoms with E-state index in [9.17, 15) is 35.1 Å². The third kappa shape index (κ3) is 12.8. The highest BCUT2D eigenvalue weighted by atomic mass is 16.7. The van der Waals surface area contributed by atoms with Crippen molar-refractivity contribution in [2.24, 2.45) is 0 Å². The smallest absolute Gasteiger partial charge is 0.331 e. The van der Waals surface area contributed by atoms with Gasteiger partial charge < -0.3 is 39.7 Å². The van der Waals surface area contributed by atoms with Crippen molar-refractivity contribution >= 4 is 11.8 Å². The topological polar surface area (TPSA) is 163 Å². The van der Waals surface area contributed by atoms with Gasteiger partial charge in [0.25, 0.3) is 0 Å². The molecule has 1 fully saturated rings. The van der Waals surface area contributed by atoms with E-state index < -0.39 is 55.5 Å². The van der Waals surface area contributed by atoms with Crippen molar-refractivity contribution in [1.29, 1.82) is 0 Å². The summed E-state index contributed by atoms with van der Waals surface area (Å²) in [5.74, 6) is -0.467. The molecule has 10 heteroatoms. The lowest BCUT2D eigenvalue weighted by atomic mass is 9.99. The molecular formula is C30H44O10. The van der Waals surface area contributed by atoms with Gasteiger partial charge in [-0.3, -0.25) is 4.79 Å². The van der Waals surface area contributed by atoms with E-state index in [0.29, 0.717) is 32.1 Å². The van der Waals surface area contributed by atoms with Gasteiger partial charge >= 0.3 is 5.97 Å². The van der Waals surface area contributed by atoms with Crippen LogP contribution in [0.1, 0.15) is 58.3 Å². The van der Waals surface area contributed by atoms with Gasteiger partial charge in [0.1, 0.15) is 30.2 Å². The molecule has 2 heterocycles. The quantitative estimate of drug-likeness (QED) is 0.253. The lowest BCUT2D eigenvalue weighted by molar-refractivity contribution is -0.307. The maximum absolute atomic E-state index is 12.1. The number of hydrogen-bond acceptors (Lipinski definition) is 10. The number of Topliss-reactive ketones (excluding diaryl/α,β-unsaturated/α-hetero) is 1. The van der Waals surface area contributed by atoms with E-state index in [4.69, 9.17) is 14.2 Å². The van der Waals surface area contributed by atoms with Crippen LogP contribution in [0.2, 0.25) is 0 Å². The lowest BCUT2D eigenvalue weighted by Gasteiger charge is -2.40. The molecule has 0 radical (unpaired) electrons. The molecule has 0 aromatic carbocycles. The summed E-state index contributed by atoms with van der Waals surface area (Å²) >= 11 is 0. The second kappa shape index (κ2) is 18.8. The van der Waals surface area contributed by atoms with Crippen LogP contribution in [0, 0.1) is 0 Å². The number of rotatable bonds is 3. The molecule has 2 aliphatic heterocycles. The number of hydrogen-bond donors (Lipinski definition) is 5. The number of esters is 1. The van der Waals surface area contributed by atoms with Gasteiger partial charge in [0, 0.05) is 18.9 Å². The summed E-state index contributed by atoms with van der Waals surface area (Å²) in [4.78, 5) is 24.2. The van der Waals surface area contributed by atoms with Crippen LogP contribution in [0.15, 0.2) is 60.8 Å². The normalized spacial score (nSPS) is 38.4. The number of aliphatic hydroxyl groups is 5. The largest absolute Gasteiger partial charge is 0.460 e. The van der Waals surface area contributed by atoms with Gasteiger partial charge in [0.15, 0.2) is 6.29 Å². The zero-order valence-electron chi connectivity index (χ0n) is 23.0. The Kier molecular flexibility index (Phi) is 15.9. The zero-order valence-corrected chi connectivity index (χ0v) is 23.0. The van der Waals surface area contributed by atoms with Gasteiger partial charge in [-0.05, 0) is 45.4 Å². The van der Waals surface area contributed by atoms with Crippen LogP contribution >= 0.6 is 0 Å². The van der Waals surface area contributed by atoms with Crippen molar-refractivity contribution in [1.82, 2.24) is 0 Å². The average molecular weight is 565 g/mol. The number of cyclic esters (lactones) is 1. The summed E-state index contributed by atoms with van der Waals surface area (Å²) in [5, 5.41) is 50.0. The number of carbonyl (C=O) groups excluding carboxylic acids is 2. The fourth-order valence-electron chi connectivity index (χ4n) is 4.21. The SMILES string of the molecule is C[C@@H]1CCC/C=C\CCC(=O)C[C@@H](O)C/C=C\C=C/[C@@H](O[C@@H]2O[C@H](CO)[C@@H](O)[C@H](O)[C@H]2O)C/C=C\C=C/C(=O)O1. The van der Waals surface area contributed by atoms with Crippen molar-refractivity contribution in [3.63, 3.8) is 0 Å². The third-order valence-corrected chi connectivity index (χ3v) is 6.50. The Labute approximate surface area is 235 Å². The second-order valence-electron chi connectivity index (χ2n) is 10.0. The van der Waals surface area contributed by atoms with Crippen LogP contribution in [-0.4, -0.2) is 92.9 Å². The standard InChI is InChI=1S/C30H44O10/c1-21-13-7-3-2-4-8-14-22(32)19-23(33)15-9-5-10-16-24(17-11-6-12-18-26(34)38-21)39-30-29(37)28(36)27(35)25(20-31)40-30/h2,4-6,9-12,16,18,21,23-25,27-31,33,35-37H,3,7-8,13-15,17,19-20H2,1H3/b4-2-,9-5-,11-6-,16-10-,18-12-/t21-,23+,24-,25-,27-,28+,29-,30-/m1/s1. The Morgan fingerprint density at radius 3 is 2.40 bits per heavy atom. The summed E-state index contributed by atoms with van der Waals surface area (Å²) in [6, 6.07) is 0. The molecule has 8 atom stereocenters. The summed E-state index contributed by atoms with van der Waals surface area (Å²) in [5.41, 5.74) is 0. The van der Waals surface area contributed by atoms with E-state index in [1.54, 1.807) is 42.5 Å². The van der Waals surface area contributed by atoms with Gasteiger partial charge in [-0.15, -0.1) is 0 Å². The third-order valence-electron chi connectivity index (χ3n) is 6.50. The summed E-state index contributed by atoms with van der Waals surface area (Å²) in [6.45, 7) is 1.26. The highest BCUT2D eigenvalue weighted by molar-refractivity contribution is 5.82. The maximum Gasteiger partial charge on any atom is 0.331 e. The van der Waals surface area contributed by atoms with Crippen LogP contribution in [0.4, 0.5) is 0 Å². The molecule has 1 saturated heterocycles. The molecule has 0 aliphatic carbocycles. The van der Waals surface area contributed by atoms with Crippen molar-refractivity contribution < 1.29 is 49.3 Å². The van der Waals surface area contributed by atoms with E-state index >= 15 is 0 Å². The molecule has 5 N–H and O–H groups in total. The van der Waals surface area contributed by atoms with Gasteiger partial charge in [-0.25, -0.2) is 4.79 Å². The predicted molar refractivity (Wildman–Crippen MR) is 148 cm³/mol. The van der Waals surface area contributed by atoms with Crippen LogP contribution in [0.3, 0.4) is 0 Å². The van der Waals surface area contributed by atoms with E-state index in [1.165, 1.54) is 6.08 Å². The van der Waals surface area contributed by atoms with Gasteiger partial charge in [-0.1, -0.05) is 54.7 Å². The lowest BCUT2D eigenvalue weighted by Crippen LogP contribution is -2.59. The molecule has 0 aromatic rings. The molecule has 0 saturated carbocycles. The van der Waals surface area contributed by atoms with Crippen LogP contribution in [0.5, 0.6) is 0 Å². The van der Waals surface area contributed by atoms with Gasteiger partial charge in [0.05, 0.1) is 24.9 Å². The molecule has 2 aliphatic rings. The van der Waals surface area contributed by atoms with Crippen LogP contribution in [0.25, 0.3) is 0 Å². The number of allylic oxidation sites excluding steroid dienone is 6. The highest BCUT2D eigenvalue weighted by Gasteiger charge is 2.44. The number of ether oxygens (including phenoxy) is 3. The van der Waals surface area contributed by atoms with Gasteiger partial charge in [-0.2, -0.15) is 0 Å². The van der Waals surface area contributed by atoms with E-state index in [-0.39, 0.29) is 18.3 Å². The monoisotopic (exact) mass is 564 g/mol. The Morgan fingerprint density at radius 1 is 0.900 bits per heavy atom. The fraction of sp³-hybridized carbons (Fsp3) is 0.600.